The molecule has 0 heterocycles. The number of nitrogens with one attached hydrogen (secondary N) is 1. The molecule has 9 heteroatoms. The van der Waals surface area contributed by atoms with E-state index in [1.807, 2.05) is 21.0 Å². The van der Waals surface area contributed by atoms with Gasteiger partial charge in [-0.05, 0) is 25.1 Å². The summed E-state index contributed by atoms with van der Waals surface area (Å²) in [5.74, 6) is 0. The van der Waals surface area contributed by atoms with Gasteiger partial charge in [-0.25, -0.2) is 8.42 Å². The molecule has 1 atom stereocenters. The van der Waals surface area contributed by atoms with Crippen molar-refractivity contribution >= 4 is 21.4 Å². The molecule has 2 N–H and O–H groups in total. The van der Waals surface area contributed by atoms with E-state index >= 15 is 0 Å². The third-order valence-corrected chi connectivity index (χ3v) is 5.77. The van der Waals surface area contributed by atoms with Crippen molar-refractivity contribution in [3.8, 4) is 0 Å². The quantitative estimate of drug-likeness (QED) is 0.504. The Bertz CT molecular complexity index is 897. The fraction of sp³-hybridized carbons (Fsp3) is 0.333. The van der Waals surface area contributed by atoms with Crippen molar-refractivity contribution in [1.29, 1.82) is 0 Å². The Morgan fingerprint density at radius 3 is 2.30 bits per heavy atom. The SMILES string of the molecule is Cc1ccc(S(=O)(=O)N(C[C@H](O)C[NH+](C)C)c2ccccc2[N+](=O)[O-])cc1. The third kappa shape index (κ3) is 5.03. The molecule has 8 nitrogen and oxygen atoms in total. The summed E-state index contributed by atoms with van der Waals surface area (Å²) in [5, 5.41) is 21.8. The molecule has 0 unspecified atom stereocenters. The molecule has 2 rings (SSSR count). The second kappa shape index (κ2) is 8.47. The van der Waals surface area contributed by atoms with E-state index in [9.17, 15) is 23.6 Å². The molecule has 146 valence electrons. The van der Waals surface area contributed by atoms with Crippen molar-refractivity contribution in [1.82, 2.24) is 0 Å². The predicted octanol–water partition coefficient (Wildman–Crippen LogP) is 0.604. The van der Waals surface area contributed by atoms with Crippen LogP contribution in [0.25, 0.3) is 0 Å². The van der Waals surface area contributed by atoms with Gasteiger partial charge < -0.3 is 10.0 Å². The van der Waals surface area contributed by atoms with Gasteiger partial charge in [-0.15, -0.1) is 0 Å². The van der Waals surface area contributed by atoms with Crippen LogP contribution in [0.1, 0.15) is 5.56 Å². The first-order valence-electron chi connectivity index (χ1n) is 8.43. The smallest absolute Gasteiger partial charge is 0.293 e. The Labute approximate surface area is 158 Å². The first-order valence-corrected chi connectivity index (χ1v) is 9.87. The number of benzene rings is 2. The van der Waals surface area contributed by atoms with E-state index in [4.69, 9.17) is 0 Å². The zero-order valence-corrected chi connectivity index (χ0v) is 16.3. The van der Waals surface area contributed by atoms with Crippen molar-refractivity contribution < 1.29 is 23.3 Å². The van der Waals surface area contributed by atoms with E-state index < -0.39 is 21.1 Å². The molecule has 0 spiro atoms. The molecule has 27 heavy (non-hydrogen) atoms. The van der Waals surface area contributed by atoms with Gasteiger partial charge in [0.25, 0.3) is 15.7 Å². The monoisotopic (exact) mass is 394 g/mol. The predicted molar refractivity (Wildman–Crippen MR) is 102 cm³/mol. The van der Waals surface area contributed by atoms with Gasteiger partial charge in [-0.1, -0.05) is 29.8 Å². The number of likely N-dealkylation sites (N-methyl/N-ethyl adjacent to an activating group) is 1. The summed E-state index contributed by atoms with van der Waals surface area (Å²) in [6, 6.07) is 11.8. The second-order valence-corrected chi connectivity index (χ2v) is 8.52. The van der Waals surface area contributed by atoms with Crippen LogP contribution >= 0.6 is 0 Å². The van der Waals surface area contributed by atoms with Crippen LogP contribution in [0.5, 0.6) is 0 Å². The van der Waals surface area contributed by atoms with Gasteiger partial charge in [0.1, 0.15) is 18.3 Å². The molecule has 0 aliphatic heterocycles. The van der Waals surface area contributed by atoms with Crippen molar-refractivity contribution in [3.05, 3.63) is 64.2 Å². The number of nitrogens with zero attached hydrogens (tertiary/aromatic N) is 2. The lowest BCUT2D eigenvalue weighted by molar-refractivity contribution is -0.861. The third-order valence-electron chi connectivity index (χ3n) is 3.98. The normalized spacial score (nSPS) is 12.8. The van der Waals surface area contributed by atoms with E-state index in [2.05, 4.69) is 0 Å². The molecule has 0 amide bonds. The van der Waals surface area contributed by atoms with E-state index in [0.717, 1.165) is 14.8 Å². The van der Waals surface area contributed by atoms with E-state index in [0.29, 0.717) is 6.54 Å². The number of aliphatic hydroxyl groups is 1. The summed E-state index contributed by atoms with van der Waals surface area (Å²) >= 11 is 0. The average molecular weight is 394 g/mol. The Hall–Kier alpha value is -2.49. The minimum Gasteiger partial charge on any atom is -0.385 e. The Balaban J connectivity index is 2.56. The maximum atomic E-state index is 13.2. The van der Waals surface area contributed by atoms with Crippen molar-refractivity contribution in [2.45, 2.75) is 17.9 Å². The van der Waals surface area contributed by atoms with E-state index in [1.165, 1.54) is 36.4 Å². The van der Waals surface area contributed by atoms with Crippen LogP contribution in [0.4, 0.5) is 11.4 Å². The topological polar surface area (TPSA) is 105 Å². The minimum atomic E-state index is -4.10. The number of rotatable bonds is 8. The number of para-hydroxylation sites is 2. The number of hydrogen-bond donors (Lipinski definition) is 2. The molecule has 0 aliphatic carbocycles. The maximum Gasteiger partial charge on any atom is 0.293 e. The zero-order chi connectivity index (χ0) is 20.2. The number of nitro groups is 1. The number of aliphatic hydroxyl groups excluding tert-OH is 1. The first-order chi connectivity index (χ1) is 12.6. The van der Waals surface area contributed by atoms with Crippen molar-refractivity contribution in [2.75, 3.05) is 31.5 Å². The molecule has 2 aromatic carbocycles. The average Bonchev–Trinajstić information content (AvgIpc) is 2.59. The van der Waals surface area contributed by atoms with Gasteiger partial charge in [0.05, 0.1) is 30.5 Å². The molecule has 2 aromatic rings. The Morgan fingerprint density at radius 1 is 1.15 bits per heavy atom. The molecule has 0 aromatic heterocycles. The lowest BCUT2D eigenvalue weighted by Crippen LogP contribution is -3.07. The lowest BCUT2D eigenvalue weighted by atomic mass is 10.2. The summed E-state index contributed by atoms with van der Waals surface area (Å²) in [6.07, 6.45) is -0.991. The number of nitro benzene ring substituents is 1. The van der Waals surface area contributed by atoms with Crippen LogP contribution in [0.15, 0.2) is 53.4 Å². The van der Waals surface area contributed by atoms with Gasteiger partial charge in [-0.3, -0.25) is 14.4 Å². The highest BCUT2D eigenvalue weighted by Crippen LogP contribution is 2.32. The molecule has 0 saturated heterocycles. The number of hydrogen-bond acceptors (Lipinski definition) is 5. The van der Waals surface area contributed by atoms with Gasteiger partial charge in [0, 0.05) is 6.07 Å². The van der Waals surface area contributed by atoms with Crippen LogP contribution in [0, 0.1) is 17.0 Å². The number of aryl methyl sites for hydroxylation is 1. The fourth-order valence-corrected chi connectivity index (χ4v) is 4.24. The second-order valence-electron chi connectivity index (χ2n) is 6.66. The molecule has 0 saturated carbocycles. The summed E-state index contributed by atoms with van der Waals surface area (Å²) in [5.41, 5.74) is 0.482. The highest BCUT2D eigenvalue weighted by molar-refractivity contribution is 7.92. The fourth-order valence-electron chi connectivity index (χ4n) is 2.72. The molecule has 0 bridgehead atoms. The number of anilines is 1. The van der Waals surface area contributed by atoms with Crippen LogP contribution in [-0.4, -0.2) is 51.7 Å². The highest BCUT2D eigenvalue weighted by atomic mass is 32.2. The van der Waals surface area contributed by atoms with Crippen LogP contribution < -0.4 is 9.21 Å². The number of quaternary nitrogens is 1. The lowest BCUT2D eigenvalue weighted by Gasteiger charge is -2.27. The van der Waals surface area contributed by atoms with Gasteiger partial charge >= 0.3 is 0 Å². The molecule has 0 fully saturated rings. The zero-order valence-electron chi connectivity index (χ0n) is 15.5. The summed E-state index contributed by atoms with van der Waals surface area (Å²) in [6.45, 7) is 1.84. The first kappa shape index (κ1) is 20.8. The van der Waals surface area contributed by atoms with Crippen molar-refractivity contribution in [2.24, 2.45) is 0 Å². The Kier molecular flexibility index (Phi) is 6.53. The summed E-state index contributed by atoms with van der Waals surface area (Å²) < 4.78 is 27.4. The van der Waals surface area contributed by atoms with Crippen LogP contribution in [-0.2, 0) is 10.0 Å². The van der Waals surface area contributed by atoms with Crippen molar-refractivity contribution in [3.63, 3.8) is 0 Å². The van der Waals surface area contributed by atoms with Crippen LogP contribution in [0.2, 0.25) is 0 Å². The summed E-state index contributed by atoms with van der Waals surface area (Å²) in [7, 11) is -0.445. The standard InChI is InChI=1S/C18H23N3O5S/c1-14-8-10-16(11-9-14)27(25,26)20(13-15(22)12-19(2)3)17-6-4-5-7-18(17)21(23)24/h4-11,15,22H,12-13H2,1-3H3/p+1/t15-/m1/s1. The Morgan fingerprint density at radius 2 is 1.74 bits per heavy atom. The number of sulfonamides is 1. The molecular formula is C18H24N3O5S+. The maximum absolute atomic E-state index is 13.2. The van der Waals surface area contributed by atoms with Gasteiger partial charge in [0.2, 0.25) is 0 Å². The van der Waals surface area contributed by atoms with Gasteiger partial charge in [0.15, 0.2) is 0 Å². The molecule has 0 radical (unpaired) electrons. The van der Waals surface area contributed by atoms with Crippen LogP contribution in [0.3, 0.4) is 0 Å². The minimum absolute atomic E-state index is 0.00986. The van der Waals surface area contributed by atoms with Gasteiger partial charge in [-0.2, -0.15) is 0 Å². The summed E-state index contributed by atoms with van der Waals surface area (Å²) in [4.78, 5) is 11.7. The molecule has 0 aliphatic rings. The van der Waals surface area contributed by atoms with E-state index in [1.54, 1.807) is 12.1 Å². The molecular weight excluding hydrogens is 370 g/mol. The highest BCUT2D eigenvalue weighted by Gasteiger charge is 2.32. The largest absolute Gasteiger partial charge is 0.385 e. The van der Waals surface area contributed by atoms with E-state index in [-0.39, 0.29) is 22.8 Å².